The molecule has 3 nitrogen and oxygen atoms in total. The van der Waals surface area contributed by atoms with Gasteiger partial charge in [-0.15, -0.1) is 0 Å². The molecule has 0 radical (unpaired) electrons. The summed E-state index contributed by atoms with van der Waals surface area (Å²) >= 11 is 0. The normalized spacial score (nSPS) is 10.8. The molecule has 90 valence electrons. The predicted octanol–water partition coefficient (Wildman–Crippen LogP) is 2.93. The Morgan fingerprint density at radius 2 is 1.88 bits per heavy atom. The number of aromatic nitrogens is 2. The number of nitrogens with two attached hydrogens (primary N) is 1. The van der Waals surface area contributed by atoms with Gasteiger partial charge in [0.05, 0.1) is 5.69 Å². The first-order valence-electron chi connectivity index (χ1n) is 6.02. The van der Waals surface area contributed by atoms with Crippen LogP contribution < -0.4 is 5.73 Å². The minimum Gasteiger partial charge on any atom is -0.383 e. The summed E-state index contributed by atoms with van der Waals surface area (Å²) in [5.41, 5.74) is 10.6. The van der Waals surface area contributed by atoms with Crippen LogP contribution in [0.3, 0.4) is 0 Å². The maximum absolute atomic E-state index is 6.03. The molecule has 0 aliphatic heterocycles. The van der Waals surface area contributed by atoms with Crippen molar-refractivity contribution in [3.63, 3.8) is 0 Å². The van der Waals surface area contributed by atoms with E-state index in [0.29, 0.717) is 0 Å². The third-order valence-electron chi connectivity index (χ3n) is 3.05. The second-order valence-corrected chi connectivity index (χ2v) is 4.42. The number of nitrogen functional groups attached to an aromatic ring is 1. The van der Waals surface area contributed by atoms with Gasteiger partial charge >= 0.3 is 0 Å². The van der Waals surface area contributed by atoms with Crippen LogP contribution in [-0.4, -0.2) is 9.78 Å². The summed E-state index contributed by atoms with van der Waals surface area (Å²) < 4.78 is 1.73. The fraction of sp³-hybridized carbons (Fsp3) is 0.357. The van der Waals surface area contributed by atoms with Crippen LogP contribution in [0.2, 0.25) is 0 Å². The topological polar surface area (TPSA) is 43.8 Å². The zero-order valence-electron chi connectivity index (χ0n) is 10.7. The Bertz CT molecular complexity index is 509. The third-order valence-corrected chi connectivity index (χ3v) is 3.05. The quantitative estimate of drug-likeness (QED) is 0.879. The maximum atomic E-state index is 6.03. The molecule has 0 saturated carbocycles. The molecule has 0 fully saturated rings. The van der Waals surface area contributed by atoms with E-state index in [0.717, 1.165) is 29.1 Å². The van der Waals surface area contributed by atoms with E-state index in [1.165, 1.54) is 12.0 Å². The van der Waals surface area contributed by atoms with Gasteiger partial charge in [-0.3, -0.25) is 4.68 Å². The molecule has 3 heteroatoms. The lowest BCUT2D eigenvalue weighted by molar-refractivity contribution is 0.767. The lowest BCUT2D eigenvalue weighted by Gasteiger charge is -2.04. The van der Waals surface area contributed by atoms with Gasteiger partial charge in [-0.25, -0.2) is 0 Å². The Kier molecular flexibility index (Phi) is 3.18. The van der Waals surface area contributed by atoms with Gasteiger partial charge in [0.15, 0.2) is 0 Å². The maximum Gasteiger partial charge on any atom is 0.129 e. The Morgan fingerprint density at radius 1 is 1.24 bits per heavy atom. The molecule has 1 aromatic heterocycles. The van der Waals surface area contributed by atoms with Crippen LogP contribution in [0.1, 0.15) is 24.6 Å². The molecule has 0 aliphatic carbocycles. The molecule has 0 unspecified atom stereocenters. The Morgan fingerprint density at radius 3 is 2.35 bits per heavy atom. The molecule has 1 aromatic carbocycles. The molecule has 0 atom stereocenters. The average molecular weight is 229 g/mol. The van der Waals surface area contributed by atoms with Gasteiger partial charge in [0, 0.05) is 12.6 Å². The third kappa shape index (κ3) is 2.18. The van der Waals surface area contributed by atoms with E-state index in [4.69, 9.17) is 5.73 Å². The number of hydrogen-bond acceptors (Lipinski definition) is 2. The van der Waals surface area contributed by atoms with E-state index in [-0.39, 0.29) is 0 Å². The summed E-state index contributed by atoms with van der Waals surface area (Å²) in [6.45, 7) is 4.18. The Hall–Kier alpha value is -1.77. The minimum absolute atomic E-state index is 0.728. The summed E-state index contributed by atoms with van der Waals surface area (Å²) in [6.07, 6.45) is 2.30. The van der Waals surface area contributed by atoms with Crippen LogP contribution in [0.25, 0.3) is 11.1 Å². The van der Waals surface area contributed by atoms with Crippen molar-refractivity contribution in [2.75, 3.05) is 5.73 Å². The van der Waals surface area contributed by atoms with Crippen LogP contribution in [-0.2, 0) is 13.5 Å². The van der Waals surface area contributed by atoms with Gasteiger partial charge in [0.25, 0.3) is 0 Å². The second kappa shape index (κ2) is 4.62. The highest BCUT2D eigenvalue weighted by atomic mass is 15.3. The number of anilines is 1. The lowest BCUT2D eigenvalue weighted by Crippen LogP contribution is -1.98. The van der Waals surface area contributed by atoms with Gasteiger partial charge < -0.3 is 5.73 Å². The van der Waals surface area contributed by atoms with Crippen molar-refractivity contribution in [3.8, 4) is 11.1 Å². The van der Waals surface area contributed by atoms with Crippen molar-refractivity contribution >= 4 is 5.82 Å². The molecule has 0 spiro atoms. The van der Waals surface area contributed by atoms with E-state index >= 15 is 0 Å². The lowest BCUT2D eigenvalue weighted by atomic mass is 10.0. The zero-order chi connectivity index (χ0) is 12.4. The predicted molar refractivity (Wildman–Crippen MR) is 71.8 cm³/mol. The van der Waals surface area contributed by atoms with Crippen LogP contribution in [0.5, 0.6) is 0 Å². The SMILES string of the molecule is CCCc1ccc(-c2c(C)nn(C)c2N)cc1. The molecular formula is C14H19N3. The molecule has 1 heterocycles. The van der Waals surface area contributed by atoms with Gasteiger partial charge in [0.1, 0.15) is 5.82 Å². The van der Waals surface area contributed by atoms with E-state index in [9.17, 15) is 0 Å². The van der Waals surface area contributed by atoms with Crippen molar-refractivity contribution in [2.45, 2.75) is 26.7 Å². The van der Waals surface area contributed by atoms with Crippen molar-refractivity contribution < 1.29 is 0 Å². The van der Waals surface area contributed by atoms with Crippen molar-refractivity contribution in [2.24, 2.45) is 7.05 Å². The van der Waals surface area contributed by atoms with Crippen LogP contribution >= 0.6 is 0 Å². The first-order valence-corrected chi connectivity index (χ1v) is 6.02. The van der Waals surface area contributed by atoms with Gasteiger partial charge in [-0.2, -0.15) is 5.10 Å². The summed E-state index contributed by atoms with van der Waals surface area (Å²) in [4.78, 5) is 0. The summed E-state index contributed by atoms with van der Waals surface area (Å²) in [5, 5.41) is 4.34. The molecule has 2 aromatic rings. The fourth-order valence-electron chi connectivity index (χ4n) is 2.16. The van der Waals surface area contributed by atoms with E-state index in [1.807, 2.05) is 14.0 Å². The summed E-state index contributed by atoms with van der Waals surface area (Å²) in [7, 11) is 1.87. The van der Waals surface area contributed by atoms with Crippen LogP contribution in [0, 0.1) is 6.92 Å². The first kappa shape index (κ1) is 11.7. The molecule has 17 heavy (non-hydrogen) atoms. The zero-order valence-corrected chi connectivity index (χ0v) is 10.7. The number of hydrogen-bond donors (Lipinski definition) is 1. The Labute approximate surface area is 102 Å². The van der Waals surface area contributed by atoms with Crippen LogP contribution in [0.4, 0.5) is 5.82 Å². The molecule has 0 aliphatic rings. The fourth-order valence-corrected chi connectivity index (χ4v) is 2.16. The number of aryl methyl sites for hydroxylation is 3. The monoisotopic (exact) mass is 229 g/mol. The van der Waals surface area contributed by atoms with E-state index in [2.05, 4.69) is 36.3 Å². The molecule has 2 rings (SSSR count). The highest BCUT2D eigenvalue weighted by Gasteiger charge is 2.11. The minimum atomic E-state index is 0.728. The molecule has 2 N–H and O–H groups in total. The van der Waals surface area contributed by atoms with Crippen molar-refractivity contribution in [3.05, 3.63) is 35.5 Å². The Balaban J connectivity index is 2.39. The van der Waals surface area contributed by atoms with Crippen LogP contribution in [0.15, 0.2) is 24.3 Å². The number of nitrogens with zero attached hydrogens (tertiary/aromatic N) is 2. The van der Waals surface area contributed by atoms with Gasteiger partial charge in [-0.1, -0.05) is 37.6 Å². The summed E-state index contributed by atoms with van der Waals surface area (Å²) in [6, 6.07) is 8.60. The average Bonchev–Trinajstić information content (AvgIpc) is 2.55. The first-order chi connectivity index (χ1) is 8.13. The molecule has 0 bridgehead atoms. The highest BCUT2D eigenvalue weighted by molar-refractivity contribution is 5.76. The number of benzene rings is 1. The van der Waals surface area contributed by atoms with E-state index < -0.39 is 0 Å². The highest BCUT2D eigenvalue weighted by Crippen LogP contribution is 2.28. The summed E-state index contributed by atoms with van der Waals surface area (Å²) in [5.74, 6) is 0.728. The van der Waals surface area contributed by atoms with E-state index in [1.54, 1.807) is 4.68 Å². The largest absolute Gasteiger partial charge is 0.383 e. The van der Waals surface area contributed by atoms with Gasteiger partial charge in [-0.05, 0) is 24.5 Å². The molecule has 0 amide bonds. The second-order valence-electron chi connectivity index (χ2n) is 4.42. The van der Waals surface area contributed by atoms with Crippen molar-refractivity contribution in [1.29, 1.82) is 0 Å². The van der Waals surface area contributed by atoms with Crippen molar-refractivity contribution in [1.82, 2.24) is 9.78 Å². The standard InChI is InChI=1S/C14H19N3/c1-4-5-11-6-8-12(9-7-11)13-10(2)16-17(3)14(13)15/h6-9H,4-5,15H2,1-3H3. The number of rotatable bonds is 3. The molecule has 0 saturated heterocycles. The van der Waals surface area contributed by atoms with Gasteiger partial charge in [0.2, 0.25) is 0 Å². The molecular weight excluding hydrogens is 210 g/mol. The smallest absolute Gasteiger partial charge is 0.129 e.